The molecule has 0 radical (unpaired) electrons. The van der Waals surface area contributed by atoms with Crippen molar-refractivity contribution in [3.63, 3.8) is 0 Å². The minimum Gasteiger partial charge on any atom is -0.351 e. The predicted molar refractivity (Wildman–Crippen MR) is 79.4 cm³/mol. The third kappa shape index (κ3) is 3.93. The number of thiazole rings is 1. The summed E-state index contributed by atoms with van der Waals surface area (Å²) in [6.07, 6.45) is 2.25. The van der Waals surface area contributed by atoms with Gasteiger partial charge in [-0.15, -0.1) is 11.3 Å². The molecule has 19 heavy (non-hydrogen) atoms. The van der Waals surface area contributed by atoms with E-state index in [-0.39, 0.29) is 5.91 Å². The van der Waals surface area contributed by atoms with Crippen molar-refractivity contribution in [1.82, 2.24) is 10.3 Å². The lowest BCUT2D eigenvalue weighted by Crippen LogP contribution is -2.24. The second-order valence-corrected chi connectivity index (χ2v) is 6.06. The van der Waals surface area contributed by atoms with Gasteiger partial charge in [0, 0.05) is 16.6 Å². The highest BCUT2D eigenvalue weighted by molar-refractivity contribution is 7.13. The zero-order valence-electron chi connectivity index (χ0n) is 10.2. The molecule has 0 unspecified atom stereocenters. The van der Waals surface area contributed by atoms with Crippen LogP contribution < -0.4 is 5.32 Å². The Balaban J connectivity index is 1.88. The van der Waals surface area contributed by atoms with Gasteiger partial charge in [-0.3, -0.25) is 4.79 Å². The second kappa shape index (κ2) is 6.37. The van der Waals surface area contributed by atoms with Crippen LogP contribution in [-0.2, 0) is 6.42 Å². The first-order valence-corrected chi connectivity index (χ1v) is 7.28. The van der Waals surface area contributed by atoms with Crippen molar-refractivity contribution in [2.45, 2.75) is 13.3 Å². The average molecular weight is 315 g/mol. The Bertz CT molecular complexity index is 598. The second-order valence-electron chi connectivity index (χ2n) is 3.99. The molecule has 0 spiro atoms. The summed E-state index contributed by atoms with van der Waals surface area (Å²) in [7, 11) is 0. The smallest absolute Gasteiger partial charge is 0.263 e. The zero-order valence-corrected chi connectivity index (χ0v) is 12.6. The van der Waals surface area contributed by atoms with Gasteiger partial charge in [0.15, 0.2) is 0 Å². The Kier molecular flexibility index (Phi) is 4.80. The van der Waals surface area contributed by atoms with Crippen LogP contribution in [-0.4, -0.2) is 17.4 Å². The minimum atomic E-state index is -0.101. The van der Waals surface area contributed by atoms with Crippen LogP contribution in [0.4, 0.5) is 0 Å². The third-order valence-electron chi connectivity index (χ3n) is 2.54. The SMILES string of the molecule is Cc1ncc(C(=O)NCCc2ccc(Cl)cc2Cl)s1. The standard InChI is InChI=1S/C13H12Cl2N2OS/c1-8-17-7-12(19-8)13(18)16-5-4-9-2-3-10(14)6-11(9)15/h2-3,6-7H,4-5H2,1H3,(H,16,18). The third-order valence-corrected chi connectivity index (χ3v) is 4.04. The molecule has 0 saturated carbocycles. The van der Waals surface area contributed by atoms with E-state index in [1.165, 1.54) is 11.3 Å². The Morgan fingerprint density at radius 1 is 1.42 bits per heavy atom. The summed E-state index contributed by atoms with van der Waals surface area (Å²) in [5.41, 5.74) is 0.965. The zero-order chi connectivity index (χ0) is 13.8. The molecule has 6 heteroatoms. The van der Waals surface area contributed by atoms with Crippen LogP contribution >= 0.6 is 34.5 Å². The number of nitrogens with zero attached hydrogens (tertiary/aromatic N) is 1. The summed E-state index contributed by atoms with van der Waals surface area (Å²) in [6.45, 7) is 2.39. The molecule has 0 aliphatic heterocycles. The Labute approximate surface area is 125 Å². The summed E-state index contributed by atoms with van der Waals surface area (Å²) in [5.74, 6) is -0.101. The van der Waals surface area contributed by atoms with Gasteiger partial charge in [0.1, 0.15) is 4.88 Å². The largest absolute Gasteiger partial charge is 0.351 e. The maximum Gasteiger partial charge on any atom is 0.263 e. The summed E-state index contributed by atoms with van der Waals surface area (Å²) >= 11 is 13.3. The molecule has 0 aliphatic rings. The van der Waals surface area contributed by atoms with Gasteiger partial charge < -0.3 is 5.32 Å². The highest BCUT2D eigenvalue weighted by Gasteiger charge is 2.08. The maximum absolute atomic E-state index is 11.8. The average Bonchev–Trinajstić information content (AvgIpc) is 2.78. The fraction of sp³-hybridized carbons (Fsp3) is 0.231. The monoisotopic (exact) mass is 314 g/mol. The van der Waals surface area contributed by atoms with Gasteiger partial charge in [-0.1, -0.05) is 29.3 Å². The summed E-state index contributed by atoms with van der Waals surface area (Å²) in [6, 6.07) is 5.36. The number of hydrogen-bond acceptors (Lipinski definition) is 3. The highest BCUT2D eigenvalue weighted by atomic mass is 35.5. The minimum absolute atomic E-state index is 0.101. The van der Waals surface area contributed by atoms with Crippen LogP contribution in [0.25, 0.3) is 0 Å². The molecule has 0 saturated heterocycles. The van der Waals surface area contributed by atoms with E-state index in [0.717, 1.165) is 10.6 Å². The fourth-order valence-corrected chi connectivity index (χ4v) is 2.79. The van der Waals surface area contributed by atoms with E-state index in [4.69, 9.17) is 23.2 Å². The lowest BCUT2D eigenvalue weighted by molar-refractivity contribution is 0.0958. The number of rotatable bonds is 4. The molecular formula is C13H12Cl2N2OS. The molecule has 1 aromatic heterocycles. The number of halogens is 2. The van der Waals surface area contributed by atoms with Crippen molar-refractivity contribution in [3.05, 3.63) is 49.9 Å². The van der Waals surface area contributed by atoms with Gasteiger partial charge in [-0.05, 0) is 31.0 Å². The van der Waals surface area contributed by atoms with Crippen LogP contribution in [0.1, 0.15) is 20.2 Å². The van der Waals surface area contributed by atoms with E-state index in [9.17, 15) is 4.79 Å². The number of aryl methyl sites for hydroxylation is 1. The Morgan fingerprint density at radius 2 is 2.21 bits per heavy atom. The quantitative estimate of drug-likeness (QED) is 0.934. The molecule has 2 rings (SSSR count). The highest BCUT2D eigenvalue weighted by Crippen LogP contribution is 2.21. The number of carbonyl (C=O) groups excluding carboxylic acids is 1. The van der Waals surface area contributed by atoms with Crippen molar-refractivity contribution in [3.8, 4) is 0 Å². The number of carbonyl (C=O) groups is 1. The predicted octanol–water partition coefficient (Wildman–Crippen LogP) is 3.73. The number of hydrogen-bond donors (Lipinski definition) is 1. The first-order valence-electron chi connectivity index (χ1n) is 5.71. The lowest BCUT2D eigenvalue weighted by Gasteiger charge is -2.06. The van der Waals surface area contributed by atoms with E-state index in [2.05, 4.69) is 10.3 Å². The first kappa shape index (κ1) is 14.3. The van der Waals surface area contributed by atoms with E-state index in [0.29, 0.717) is 27.9 Å². The fourth-order valence-electron chi connectivity index (χ4n) is 1.59. The van der Waals surface area contributed by atoms with Crippen molar-refractivity contribution in [2.75, 3.05) is 6.54 Å². The Morgan fingerprint density at radius 3 is 2.84 bits per heavy atom. The van der Waals surface area contributed by atoms with Crippen LogP contribution in [0.5, 0.6) is 0 Å². The van der Waals surface area contributed by atoms with Crippen molar-refractivity contribution >= 4 is 40.4 Å². The maximum atomic E-state index is 11.8. The van der Waals surface area contributed by atoms with Crippen LogP contribution in [0, 0.1) is 6.92 Å². The van der Waals surface area contributed by atoms with Crippen LogP contribution in [0.2, 0.25) is 10.0 Å². The molecule has 1 aromatic carbocycles. The van der Waals surface area contributed by atoms with E-state index >= 15 is 0 Å². The molecule has 2 aromatic rings. The van der Waals surface area contributed by atoms with E-state index in [1.807, 2.05) is 13.0 Å². The van der Waals surface area contributed by atoms with Crippen molar-refractivity contribution in [2.24, 2.45) is 0 Å². The molecule has 0 bridgehead atoms. The molecular weight excluding hydrogens is 303 g/mol. The van der Waals surface area contributed by atoms with Gasteiger partial charge in [-0.2, -0.15) is 0 Å². The van der Waals surface area contributed by atoms with Gasteiger partial charge >= 0.3 is 0 Å². The number of benzene rings is 1. The number of amides is 1. The van der Waals surface area contributed by atoms with Gasteiger partial charge in [0.05, 0.1) is 11.2 Å². The van der Waals surface area contributed by atoms with Crippen LogP contribution in [0.15, 0.2) is 24.4 Å². The Hall–Kier alpha value is -1.10. The topological polar surface area (TPSA) is 42.0 Å². The molecule has 0 aliphatic carbocycles. The molecule has 0 fully saturated rings. The molecule has 0 atom stereocenters. The lowest BCUT2D eigenvalue weighted by atomic mass is 10.1. The van der Waals surface area contributed by atoms with Gasteiger partial charge in [0.25, 0.3) is 5.91 Å². The normalized spacial score (nSPS) is 10.5. The van der Waals surface area contributed by atoms with Gasteiger partial charge in [0.2, 0.25) is 0 Å². The number of nitrogens with one attached hydrogen (secondary N) is 1. The first-order chi connectivity index (χ1) is 9.06. The molecule has 100 valence electrons. The summed E-state index contributed by atoms with van der Waals surface area (Å²) < 4.78 is 0. The number of aromatic nitrogens is 1. The summed E-state index contributed by atoms with van der Waals surface area (Å²) in [4.78, 5) is 16.5. The van der Waals surface area contributed by atoms with E-state index in [1.54, 1.807) is 18.3 Å². The molecule has 1 amide bonds. The molecule has 1 heterocycles. The van der Waals surface area contributed by atoms with E-state index < -0.39 is 0 Å². The van der Waals surface area contributed by atoms with Gasteiger partial charge in [-0.25, -0.2) is 4.98 Å². The van der Waals surface area contributed by atoms with Crippen LogP contribution in [0.3, 0.4) is 0 Å². The van der Waals surface area contributed by atoms with Crippen molar-refractivity contribution < 1.29 is 4.79 Å². The molecule has 1 N–H and O–H groups in total. The summed E-state index contributed by atoms with van der Waals surface area (Å²) in [5, 5.41) is 4.95. The van der Waals surface area contributed by atoms with Crippen molar-refractivity contribution in [1.29, 1.82) is 0 Å². The molecule has 3 nitrogen and oxygen atoms in total.